The Labute approximate surface area is 318 Å². The molecule has 2 heteroatoms. The van der Waals surface area contributed by atoms with Crippen molar-refractivity contribution in [1.29, 1.82) is 0 Å². The molecule has 1 unspecified atom stereocenters. The summed E-state index contributed by atoms with van der Waals surface area (Å²) in [4.78, 5) is 0. The van der Waals surface area contributed by atoms with Crippen LogP contribution >= 0.6 is 0 Å². The third kappa shape index (κ3) is 4.49. The molecule has 0 amide bonds. The summed E-state index contributed by atoms with van der Waals surface area (Å²) in [5, 5.41) is 7.55. The average molecular weight is 699 g/mol. The lowest BCUT2D eigenvalue weighted by Crippen LogP contribution is -1.99. The van der Waals surface area contributed by atoms with Crippen LogP contribution < -0.4 is 0 Å². The molecule has 9 aromatic carbocycles. The highest BCUT2D eigenvalue weighted by atomic mass is 15.0. The summed E-state index contributed by atoms with van der Waals surface area (Å²) in [5.74, 6) is 0.184. The molecule has 0 bridgehead atoms. The minimum atomic E-state index is 0.184. The Morgan fingerprint density at radius 3 is 1.71 bits per heavy atom. The fraction of sp³-hybridized carbons (Fsp3) is 0.0189. The molecule has 55 heavy (non-hydrogen) atoms. The molecule has 0 saturated carbocycles. The van der Waals surface area contributed by atoms with Gasteiger partial charge < -0.3 is 9.13 Å². The van der Waals surface area contributed by atoms with Crippen molar-refractivity contribution < 1.29 is 0 Å². The van der Waals surface area contributed by atoms with Gasteiger partial charge in [-0.05, 0) is 116 Å². The monoisotopic (exact) mass is 698 g/mol. The second-order valence-corrected chi connectivity index (χ2v) is 14.9. The Balaban J connectivity index is 1.12. The van der Waals surface area contributed by atoms with Crippen molar-refractivity contribution >= 4 is 54.4 Å². The molecule has 1 aliphatic rings. The predicted molar refractivity (Wildman–Crippen MR) is 231 cm³/mol. The van der Waals surface area contributed by atoms with E-state index in [2.05, 4.69) is 209 Å². The highest BCUT2D eigenvalue weighted by molar-refractivity contribution is 6.14. The Morgan fingerprint density at radius 1 is 0.309 bits per heavy atom. The lowest BCUT2D eigenvalue weighted by atomic mass is 9.89. The van der Waals surface area contributed by atoms with Gasteiger partial charge in [0.25, 0.3) is 0 Å². The first kappa shape index (κ1) is 30.3. The maximum atomic E-state index is 2.50. The fourth-order valence-electron chi connectivity index (χ4n) is 9.50. The summed E-state index contributed by atoms with van der Waals surface area (Å²) in [6, 6.07) is 74.0. The molecule has 0 spiro atoms. The van der Waals surface area contributed by atoms with Crippen LogP contribution in [0.2, 0.25) is 0 Å². The van der Waals surface area contributed by atoms with Crippen molar-refractivity contribution in [3.8, 4) is 33.6 Å². The summed E-state index contributed by atoms with van der Waals surface area (Å²) in [5.41, 5.74) is 16.4. The molecular formula is C53H34N2. The van der Waals surface area contributed by atoms with E-state index < -0.39 is 0 Å². The van der Waals surface area contributed by atoms with Gasteiger partial charge in [-0.2, -0.15) is 0 Å². The van der Waals surface area contributed by atoms with E-state index in [1.54, 1.807) is 0 Å². The molecular weight excluding hydrogens is 665 g/mol. The lowest BCUT2D eigenvalue weighted by molar-refractivity contribution is 1.02. The van der Waals surface area contributed by atoms with E-state index in [1.807, 2.05) is 0 Å². The molecule has 2 heterocycles. The number of rotatable bonds is 4. The zero-order chi connectivity index (χ0) is 36.0. The first-order valence-corrected chi connectivity index (χ1v) is 19.1. The molecule has 1 atom stereocenters. The highest BCUT2D eigenvalue weighted by Gasteiger charge is 2.31. The average Bonchev–Trinajstić information content (AvgIpc) is 3.88. The van der Waals surface area contributed by atoms with Crippen LogP contribution in [0.1, 0.15) is 22.6 Å². The number of fused-ring (bicyclic) bond motifs is 10. The van der Waals surface area contributed by atoms with Crippen LogP contribution in [0.5, 0.6) is 0 Å². The molecule has 0 N–H and O–H groups in total. The summed E-state index contributed by atoms with van der Waals surface area (Å²) in [6.45, 7) is 0. The van der Waals surface area contributed by atoms with E-state index in [1.165, 1.54) is 105 Å². The van der Waals surface area contributed by atoms with Gasteiger partial charge in [0, 0.05) is 38.8 Å². The minimum absolute atomic E-state index is 0.184. The van der Waals surface area contributed by atoms with E-state index in [9.17, 15) is 0 Å². The maximum Gasteiger partial charge on any atom is 0.0547 e. The number of nitrogens with zero attached hydrogens (tertiary/aromatic N) is 2. The molecule has 0 radical (unpaired) electrons. The molecule has 256 valence electrons. The van der Waals surface area contributed by atoms with Gasteiger partial charge in [0.05, 0.1) is 22.1 Å². The maximum absolute atomic E-state index is 2.50. The number of benzene rings is 9. The van der Waals surface area contributed by atoms with Gasteiger partial charge >= 0.3 is 0 Å². The first-order valence-electron chi connectivity index (χ1n) is 19.1. The van der Waals surface area contributed by atoms with E-state index in [0.717, 1.165) is 0 Å². The predicted octanol–water partition coefficient (Wildman–Crippen LogP) is 13.9. The second kappa shape index (κ2) is 11.7. The van der Waals surface area contributed by atoms with Crippen LogP contribution in [0.3, 0.4) is 0 Å². The van der Waals surface area contributed by atoms with E-state index in [-0.39, 0.29) is 5.92 Å². The first-order chi connectivity index (χ1) is 27.3. The second-order valence-electron chi connectivity index (χ2n) is 14.9. The Bertz CT molecular complexity index is 3310. The van der Waals surface area contributed by atoms with Gasteiger partial charge in [-0.1, -0.05) is 133 Å². The number of hydrogen-bond donors (Lipinski definition) is 0. The van der Waals surface area contributed by atoms with Crippen molar-refractivity contribution in [3.05, 3.63) is 217 Å². The lowest BCUT2D eigenvalue weighted by Gasteiger charge is -2.15. The summed E-state index contributed by atoms with van der Waals surface area (Å²) >= 11 is 0. The van der Waals surface area contributed by atoms with Crippen LogP contribution in [-0.2, 0) is 0 Å². The number of para-hydroxylation sites is 2. The van der Waals surface area contributed by atoms with Gasteiger partial charge in [0.2, 0.25) is 0 Å². The van der Waals surface area contributed by atoms with Gasteiger partial charge in [-0.15, -0.1) is 0 Å². The van der Waals surface area contributed by atoms with Gasteiger partial charge in [0.1, 0.15) is 0 Å². The normalized spacial score (nSPS) is 13.6. The Morgan fingerprint density at radius 2 is 0.909 bits per heavy atom. The summed E-state index contributed by atoms with van der Waals surface area (Å²) in [6.07, 6.45) is 0. The molecule has 0 saturated heterocycles. The zero-order valence-corrected chi connectivity index (χ0v) is 30.0. The van der Waals surface area contributed by atoms with Crippen molar-refractivity contribution in [2.24, 2.45) is 0 Å². The molecule has 0 aliphatic heterocycles. The van der Waals surface area contributed by atoms with Gasteiger partial charge in [-0.3, -0.25) is 0 Å². The van der Waals surface area contributed by atoms with E-state index in [0.29, 0.717) is 0 Å². The van der Waals surface area contributed by atoms with E-state index in [4.69, 9.17) is 0 Å². The summed E-state index contributed by atoms with van der Waals surface area (Å²) in [7, 11) is 0. The minimum Gasteiger partial charge on any atom is -0.309 e. The van der Waals surface area contributed by atoms with Crippen molar-refractivity contribution in [3.63, 3.8) is 0 Å². The van der Waals surface area contributed by atoms with Crippen molar-refractivity contribution in [1.82, 2.24) is 9.13 Å². The van der Waals surface area contributed by atoms with Gasteiger partial charge in [-0.25, -0.2) is 0 Å². The molecule has 0 fully saturated rings. The number of aromatic nitrogens is 2. The van der Waals surface area contributed by atoms with Crippen LogP contribution in [0.15, 0.2) is 200 Å². The molecule has 12 rings (SSSR count). The molecule has 2 aromatic heterocycles. The fourth-order valence-corrected chi connectivity index (χ4v) is 9.50. The third-order valence-corrected chi connectivity index (χ3v) is 12.0. The highest BCUT2D eigenvalue weighted by Crippen LogP contribution is 2.51. The van der Waals surface area contributed by atoms with Crippen LogP contribution in [0.4, 0.5) is 0 Å². The quantitative estimate of drug-likeness (QED) is 0.173. The van der Waals surface area contributed by atoms with Crippen LogP contribution in [0.25, 0.3) is 88.0 Å². The molecule has 2 nitrogen and oxygen atoms in total. The summed E-state index contributed by atoms with van der Waals surface area (Å²) < 4.78 is 4.87. The largest absolute Gasteiger partial charge is 0.309 e. The molecule has 11 aromatic rings. The van der Waals surface area contributed by atoms with Crippen molar-refractivity contribution in [2.75, 3.05) is 0 Å². The third-order valence-electron chi connectivity index (χ3n) is 12.0. The Hall–Kier alpha value is -7.16. The van der Waals surface area contributed by atoms with Gasteiger partial charge in [0.15, 0.2) is 0 Å². The Kier molecular flexibility index (Phi) is 6.43. The standard InChI is InChI=1S/C53H34N2/c1-3-14-35(15-4-1)53-43-21-10-9-19-41(43)44-33-52-47(32-48(44)53)46-31-38(25-28-51(46)55(52)40-26-23-34-13-7-8-16-36(34)29-40)37-24-27-50-45(30-37)42-20-11-12-22-49(42)54(50)39-17-5-2-6-18-39/h1-33,53H. The van der Waals surface area contributed by atoms with Crippen molar-refractivity contribution in [2.45, 2.75) is 5.92 Å². The zero-order valence-electron chi connectivity index (χ0n) is 30.0. The molecule has 1 aliphatic carbocycles. The van der Waals surface area contributed by atoms with Crippen LogP contribution in [-0.4, -0.2) is 9.13 Å². The SMILES string of the molecule is c1ccc(C2c3ccccc3-c3cc4c(cc32)c2cc(-c3ccc5c(c3)c3ccccc3n5-c3ccccc3)ccc2n4-c2ccc3ccccc3c2)cc1. The smallest absolute Gasteiger partial charge is 0.0547 e. The van der Waals surface area contributed by atoms with Crippen LogP contribution in [0, 0.1) is 0 Å². The van der Waals surface area contributed by atoms with E-state index >= 15 is 0 Å². The number of hydrogen-bond acceptors (Lipinski definition) is 0. The topological polar surface area (TPSA) is 9.86 Å².